The van der Waals surface area contributed by atoms with E-state index in [1.807, 2.05) is 12.1 Å². The highest BCUT2D eigenvalue weighted by atomic mass is 16.5. The minimum absolute atomic E-state index is 0.00894. The lowest BCUT2D eigenvalue weighted by Crippen LogP contribution is -2.50. The molecule has 1 aromatic carbocycles. The molecule has 2 rings (SSSR count). The molecule has 5 heteroatoms. The maximum absolute atomic E-state index is 12.4. The fraction of sp³-hybridized carbons (Fsp3) is 0.533. The van der Waals surface area contributed by atoms with Crippen molar-refractivity contribution in [3.63, 3.8) is 0 Å². The van der Waals surface area contributed by atoms with Crippen LogP contribution in [0.2, 0.25) is 0 Å². The lowest BCUT2D eigenvalue weighted by atomic mass is 9.95. The van der Waals surface area contributed by atoms with E-state index < -0.39 is 6.10 Å². The molecule has 1 heterocycles. The van der Waals surface area contributed by atoms with Crippen molar-refractivity contribution < 1.29 is 14.6 Å². The quantitative estimate of drug-likeness (QED) is 0.806. The predicted octanol–water partition coefficient (Wildman–Crippen LogP) is 0.167. The number of nitrogens with zero attached hydrogens (tertiary/aromatic N) is 1. The summed E-state index contributed by atoms with van der Waals surface area (Å²) in [6.45, 7) is 1.23. The molecule has 20 heavy (non-hydrogen) atoms. The zero-order valence-corrected chi connectivity index (χ0v) is 12.0. The van der Waals surface area contributed by atoms with Crippen molar-refractivity contribution in [3.05, 3.63) is 35.4 Å². The first-order valence-corrected chi connectivity index (χ1v) is 6.84. The maximum atomic E-state index is 12.4. The Kier molecular flexibility index (Phi) is 5.11. The zero-order valence-electron chi connectivity index (χ0n) is 12.0. The van der Waals surface area contributed by atoms with E-state index in [0.717, 1.165) is 0 Å². The van der Waals surface area contributed by atoms with Crippen molar-refractivity contribution in [1.29, 1.82) is 0 Å². The van der Waals surface area contributed by atoms with E-state index in [0.29, 0.717) is 13.0 Å². The first kappa shape index (κ1) is 15.0. The summed E-state index contributed by atoms with van der Waals surface area (Å²) in [5, 5.41) is 12.9. The highest BCUT2D eigenvalue weighted by molar-refractivity contribution is 5.82. The highest BCUT2D eigenvalue weighted by Gasteiger charge is 2.27. The van der Waals surface area contributed by atoms with E-state index in [-0.39, 0.29) is 25.1 Å². The molecule has 1 amide bonds. The van der Waals surface area contributed by atoms with E-state index in [1.165, 1.54) is 18.2 Å². The Labute approximate surface area is 119 Å². The van der Waals surface area contributed by atoms with Gasteiger partial charge in [-0.1, -0.05) is 24.3 Å². The Balaban J connectivity index is 1.94. The van der Waals surface area contributed by atoms with Gasteiger partial charge in [0.15, 0.2) is 0 Å². The van der Waals surface area contributed by atoms with Crippen molar-refractivity contribution in [2.75, 3.05) is 27.3 Å². The van der Waals surface area contributed by atoms with E-state index in [9.17, 15) is 9.90 Å². The van der Waals surface area contributed by atoms with Gasteiger partial charge in [-0.2, -0.15) is 0 Å². The molecule has 2 N–H and O–H groups in total. The topological polar surface area (TPSA) is 61.8 Å². The standard InChI is InChI=1S/C15H22N2O3/c1-17(9-13(18)10-20-2)15(19)14-7-11-5-3-4-6-12(11)8-16-14/h3-6,13-14,16,18H,7-10H2,1-2H3/t13?,14-/m0/s1. The average Bonchev–Trinajstić information content (AvgIpc) is 2.46. The number of ether oxygens (including phenoxy) is 1. The molecule has 1 aliphatic heterocycles. The van der Waals surface area contributed by atoms with Gasteiger partial charge < -0.3 is 20.1 Å². The summed E-state index contributed by atoms with van der Waals surface area (Å²) in [5.74, 6) is 0.00894. The first-order valence-electron chi connectivity index (χ1n) is 6.84. The third kappa shape index (κ3) is 3.56. The van der Waals surface area contributed by atoms with Crippen molar-refractivity contribution >= 4 is 5.91 Å². The molecule has 0 aliphatic carbocycles. The predicted molar refractivity (Wildman–Crippen MR) is 76.3 cm³/mol. The lowest BCUT2D eigenvalue weighted by molar-refractivity contribution is -0.134. The number of fused-ring (bicyclic) bond motifs is 1. The summed E-state index contributed by atoms with van der Waals surface area (Å²) >= 11 is 0. The molecule has 2 atom stereocenters. The Bertz CT molecular complexity index is 464. The van der Waals surface area contributed by atoms with Gasteiger partial charge in [-0.3, -0.25) is 4.79 Å². The first-order chi connectivity index (χ1) is 9.61. The maximum Gasteiger partial charge on any atom is 0.239 e. The summed E-state index contributed by atoms with van der Waals surface area (Å²) in [6.07, 6.45) is 0.0459. The largest absolute Gasteiger partial charge is 0.389 e. The normalized spacial score (nSPS) is 19.2. The number of carbonyl (C=O) groups excluding carboxylic acids is 1. The number of hydrogen-bond acceptors (Lipinski definition) is 4. The van der Waals surface area contributed by atoms with E-state index in [1.54, 1.807) is 11.9 Å². The van der Waals surface area contributed by atoms with Crippen LogP contribution in [0.3, 0.4) is 0 Å². The van der Waals surface area contributed by atoms with Crippen LogP contribution in [0.5, 0.6) is 0 Å². The second kappa shape index (κ2) is 6.83. The molecule has 0 saturated heterocycles. The molecule has 5 nitrogen and oxygen atoms in total. The van der Waals surface area contributed by atoms with Crippen LogP contribution >= 0.6 is 0 Å². The number of methoxy groups -OCH3 is 1. The van der Waals surface area contributed by atoms with Gasteiger partial charge >= 0.3 is 0 Å². The van der Waals surface area contributed by atoms with Gasteiger partial charge in [-0.05, 0) is 17.5 Å². The molecule has 0 radical (unpaired) electrons. The summed E-state index contributed by atoms with van der Waals surface area (Å²) in [4.78, 5) is 13.9. The molecule has 1 unspecified atom stereocenters. The Hall–Kier alpha value is -1.43. The molecule has 0 saturated carbocycles. The second-order valence-electron chi connectivity index (χ2n) is 5.23. The van der Waals surface area contributed by atoms with E-state index in [4.69, 9.17) is 4.74 Å². The molecule has 0 aromatic heterocycles. The van der Waals surface area contributed by atoms with Crippen molar-refractivity contribution in [2.45, 2.75) is 25.1 Å². The highest BCUT2D eigenvalue weighted by Crippen LogP contribution is 2.17. The van der Waals surface area contributed by atoms with Gasteiger partial charge in [0, 0.05) is 27.2 Å². The average molecular weight is 278 g/mol. The zero-order chi connectivity index (χ0) is 14.5. The molecule has 0 spiro atoms. The second-order valence-corrected chi connectivity index (χ2v) is 5.23. The van der Waals surface area contributed by atoms with Crippen molar-refractivity contribution in [2.24, 2.45) is 0 Å². The Morgan fingerprint density at radius 1 is 1.50 bits per heavy atom. The van der Waals surface area contributed by atoms with E-state index >= 15 is 0 Å². The number of nitrogens with one attached hydrogen (secondary N) is 1. The molecular formula is C15H22N2O3. The summed E-state index contributed by atoms with van der Waals surface area (Å²) < 4.78 is 4.87. The monoisotopic (exact) mass is 278 g/mol. The van der Waals surface area contributed by atoms with Crippen LogP contribution in [-0.4, -0.2) is 55.4 Å². The number of aliphatic hydroxyl groups is 1. The Morgan fingerprint density at radius 3 is 2.90 bits per heavy atom. The van der Waals surface area contributed by atoms with Gasteiger partial charge in [-0.25, -0.2) is 0 Å². The van der Waals surface area contributed by atoms with Crippen LogP contribution in [0, 0.1) is 0 Å². The SMILES string of the molecule is COCC(O)CN(C)C(=O)[C@@H]1Cc2ccccc2CN1. The van der Waals surface area contributed by atoms with E-state index in [2.05, 4.69) is 17.4 Å². The van der Waals surface area contributed by atoms with Crippen LogP contribution in [0.1, 0.15) is 11.1 Å². The van der Waals surface area contributed by atoms with Crippen molar-refractivity contribution in [3.8, 4) is 0 Å². The van der Waals surface area contributed by atoms with Gasteiger partial charge in [0.05, 0.1) is 18.8 Å². The minimum atomic E-state index is -0.648. The number of hydrogen-bond donors (Lipinski definition) is 2. The van der Waals surface area contributed by atoms with Gasteiger partial charge in [0.25, 0.3) is 0 Å². The fourth-order valence-electron chi connectivity index (χ4n) is 2.55. The number of benzene rings is 1. The summed E-state index contributed by atoms with van der Waals surface area (Å²) in [7, 11) is 3.24. The molecule has 1 aliphatic rings. The van der Waals surface area contributed by atoms with Crippen molar-refractivity contribution in [1.82, 2.24) is 10.2 Å². The molecule has 1 aromatic rings. The third-order valence-corrected chi connectivity index (χ3v) is 3.60. The van der Waals surface area contributed by atoms with Gasteiger partial charge in [0.1, 0.15) is 0 Å². The summed E-state index contributed by atoms with van der Waals surface area (Å²) in [6, 6.07) is 7.93. The van der Waals surface area contributed by atoms with Crippen LogP contribution in [-0.2, 0) is 22.5 Å². The lowest BCUT2D eigenvalue weighted by Gasteiger charge is -2.29. The number of carbonyl (C=O) groups is 1. The number of aliphatic hydroxyl groups excluding tert-OH is 1. The number of likely N-dealkylation sites (N-methyl/N-ethyl adjacent to an activating group) is 1. The fourth-order valence-corrected chi connectivity index (χ4v) is 2.55. The Morgan fingerprint density at radius 2 is 2.20 bits per heavy atom. The van der Waals surface area contributed by atoms with Gasteiger partial charge in [-0.15, -0.1) is 0 Å². The van der Waals surface area contributed by atoms with Crippen LogP contribution in [0.25, 0.3) is 0 Å². The molecule has 110 valence electrons. The van der Waals surface area contributed by atoms with Crippen LogP contribution in [0.15, 0.2) is 24.3 Å². The molecular weight excluding hydrogens is 256 g/mol. The minimum Gasteiger partial charge on any atom is -0.389 e. The van der Waals surface area contributed by atoms with Crippen LogP contribution < -0.4 is 5.32 Å². The number of amides is 1. The van der Waals surface area contributed by atoms with Gasteiger partial charge in [0.2, 0.25) is 5.91 Å². The molecule has 0 bridgehead atoms. The number of rotatable bonds is 5. The molecule has 0 fully saturated rings. The third-order valence-electron chi connectivity index (χ3n) is 3.60. The van der Waals surface area contributed by atoms with Crippen LogP contribution in [0.4, 0.5) is 0 Å². The smallest absolute Gasteiger partial charge is 0.239 e. The summed E-state index contributed by atoms with van der Waals surface area (Å²) in [5.41, 5.74) is 2.47.